The molecule has 0 unspecified atom stereocenters. The number of hydrogen-bond donors (Lipinski definition) is 1. The summed E-state index contributed by atoms with van der Waals surface area (Å²) < 4.78 is 4.95. The maximum Gasteiger partial charge on any atom is 0.338 e. The van der Waals surface area contributed by atoms with Gasteiger partial charge >= 0.3 is 5.97 Å². The standard InChI is InChI=1S/C16H21N3O5/c1-18(2)13-8-7-11(9-14(13)19(22)23)16(21)24-10-15(20)17-12-5-3-4-6-12/h7-9,12H,3-6,10H2,1-2H3,(H,17,20). The Morgan fingerprint density at radius 2 is 2.00 bits per heavy atom. The van der Waals surface area contributed by atoms with E-state index in [2.05, 4.69) is 5.32 Å². The smallest absolute Gasteiger partial charge is 0.338 e. The molecule has 24 heavy (non-hydrogen) atoms. The molecule has 8 heteroatoms. The summed E-state index contributed by atoms with van der Waals surface area (Å²) in [4.78, 5) is 35.9. The van der Waals surface area contributed by atoms with Crippen LogP contribution in [0.25, 0.3) is 0 Å². The van der Waals surface area contributed by atoms with E-state index in [1.54, 1.807) is 19.0 Å². The summed E-state index contributed by atoms with van der Waals surface area (Å²) in [7, 11) is 3.35. The Kier molecular flexibility index (Phi) is 5.73. The van der Waals surface area contributed by atoms with Gasteiger partial charge in [0.05, 0.1) is 10.5 Å². The van der Waals surface area contributed by atoms with Crippen LogP contribution in [0.1, 0.15) is 36.0 Å². The van der Waals surface area contributed by atoms with Crippen molar-refractivity contribution in [3.63, 3.8) is 0 Å². The first-order valence-electron chi connectivity index (χ1n) is 7.80. The highest BCUT2D eigenvalue weighted by atomic mass is 16.6. The fraction of sp³-hybridized carbons (Fsp3) is 0.500. The number of hydrogen-bond acceptors (Lipinski definition) is 6. The summed E-state index contributed by atoms with van der Waals surface area (Å²) in [6.07, 6.45) is 4.06. The number of benzene rings is 1. The lowest BCUT2D eigenvalue weighted by atomic mass is 10.1. The van der Waals surface area contributed by atoms with Gasteiger partial charge in [-0.15, -0.1) is 0 Å². The normalized spacial score (nSPS) is 14.2. The fourth-order valence-electron chi connectivity index (χ4n) is 2.73. The van der Waals surface area contributed by atoms with Crippen LogP contribution in [0.5, 0.6) is 0 Å². The molecule has 1 aliphatic rings. The topological polar surface area (TPSA) is 102 Å². The molecular weight excluding hydrogens is 314 g/mol. The minimum absolute atomic E-state index is 0.0426. The zero-order valence-electron chi connectivity index (χ0n) is 13.8. The largest absolute Gasteiger partial charge is 0.452 e. The van der Waals surface area contributed by atoms with Crippen molar-refractivity contribution in [2.75, 3.05) is 25.6 Å². The summed E-state index contributed by atoms with van der Waals surface area (Å²) in [6.45, 7) is -0.390. The minimum atomic E-state index is -0.759. The molecule has 0 bridgehead atoms. The number of anilines is 1. The molecule has 1 aromatic carbocycles. The molecule has 8 nitrogen and oxygen atoms in total. The van der Waals surface area contributed by atoms with Crippen molar-refractivity contribution in [1.82, 2.24) is 5.32 Å². The fourth-order valence-corrected chi connectivity index (χ4v) is 2.73. The molecule has 130 valence electrons. The van der Waals surface area contributed by atoms with Gasteiger partial charge in [-0.25, -0.2) is 4.79 Å². The molecule has 1 fully saturated rings. The van der Waals surface area contributed by atoms with Gasteiger partial charge in [0.15, 0.2) is 6.61 Å². The van der Waals surface area contributed by atoms with Crippen LogP contribution in [-0.2, 0) is 9.53 Å². The van der Waals surface area contributed by atoms with E-state index >= 15 is 0 Å². The van der Waals surface area contributed by atoms with Crippen molar-refractivity contribution in [1.29, 1.82) is 0 Å². The van der Waals surface area contributed by atoms with Crippen LogP contribution in [0, 0.1) is 10.1 Å². The highest BCUT2D eigenvalue weighted by Gasteiger charge is 2.21. The van der Waals surface area contributed by atoms with Gasteiger partial charge in [-0.3, -0.25) is 14.9 Å². The third kappa shape index (κ3) is 4.43. The summed E-state index contributed by atoms with van der Waals surface area (Å²) in [5.41, 5.74) is 0.237. The van der Waals surface area contributed by atoms with Crippen LogP contribution in [0.4, 0.5) is 11.4 Å². The van der Waals surface area contributed by atoms with Crippen molar-refractivity contribution in [3.05, 3.63) is 33.9 Å². The molecule has 1 aromatic rings. The van der Waals surface area contributed by atoms with Gasteiger partial charge in [-0.05, 0) is 25.0 Å². The van der Waals surface area contributed by atoms with Crippen LogP contribution in [0.3, 0.4) is 0 Å². The highest BCUT2D eigenvalue weighted by Crippen LogP contribution is 2.27. The Labute approximate surface area is 139 Å². The quantitative estimate of drug-likeness (QED) is 0.484. The van der Waals surface area contributed by atoms with Crippen LogP contribution >= 0.6 is 0 Å². The van der Waals surface area contributed by atoms with Gasteiger partial charge in [-0.1, -0.05) is 12.8 Å². The van der Waals surface area contributed by atoms with E-state index in [-0.39, 0.29) is 23.2 Å². The number of nitro benzene ring substituents is 1. The van der Waals surface area contributed by atoms with E-state index in [4.69, 9.17) is 4.74 Å². The van der Waals surface area contributed by atoms with Crippen LogP contribution in [0.15, 0.2) is 18.2 Å². The Bertz CT molecular complexity index is 639. The van der Waals surface area contributed by atoms with E-state index in [9.17, 15) is 19.7 Å². The molecule has 1 amide bonds. The average molecular weight is 335 g/mol. The molecule has 1 saturated carbocycles. The first-order chi connectivity index (χ1) is 11.4. The monoisotopic (exact) mass is 335 g/mol. The number of esters is 1. The summed E-state index contributed by atoms with van der Waals surface area (Å²) in [6, 6.07) is 4.23. The number of carbonyl (C=O) groups is 2. The van der Waals surface area contributed by atoms with Gasteiger partial charge in [0.25, 0.3) is 11.6 Å². The van der Waals surface area contributed by atoms with Crippen molar-refractivity contribution in [2.45, 2.75) is 31.7 Å². The van der Waals surface area contributed by atoms with Gasteiger partial charge in [-0.2, -0.15) is 0 Å². The lowest BCUT2D eigenvalue weighted by Gasteiger charge is -2.14. The molecule has 1 aliphatic carbocycles. The van der Waals surface area contributed by atoms with Crippen molar-refractivity contribution in [3.8, 4) is 0 Å². The lowest BCUT2D eigenvalue weighted by molar-refractivity contribution is -0.384. The van der Waals surface area contributed by atoms with Crippen molar-refractivity contribution < 1.29 is 19.2 Å². The number of rotatable bonds is 6. The number of carbonyl (C=O) groups excluding carboxylic acids is 2. The third-order valence-corrected chi connectivity index (χ3v) is 3.94. The van der Waals surface area contributed by atoms with Gasteiger partial charge < -0.3 is 15.0 Å². The Hall–Kier alpha value is -2.64. The highest BCUT2D eigenvalue weighted by molar-refractivity contribution is 5.93. The third-order valence-electron chi connectivity index (χ3n) is 3.94. The Morgan fingerprint density at radius 1 is 1.33 bits per heavy atom. The molecule has 0 aromatic heterocycles. The first-order valence-corrected chi connectivity index (χ1v) is 7.80. The second-order valence-corrected chi connectivity index (χ2v) is 5.98. The zero-order valence-corrected chi connectivity index (χ0v) is 13.8. The molecule has 0 saturated heterocycles. The second-order valence-electron chi connectivity index (χ2n) is 5.98. The molecule has 0 heterocycles. The molecular formula is C16H21N3O5. The molecule has 2 rings (SSSR count). The van der Waals surface area contributed by atoms with E-state index in [1.165, 1.54) is 12.1 Å². The van der Waals surface area contributed by atoms with Crippen LogP contribution in [0.2, 0.25) is 0 Å². The molecule has 0 radical (unpaired) electrons. The van der Waals surface area contributed by atoms with Crippen LogP contribution < -0.4 is 10.2 Å². The SMILES string of the molecule is CN(C)c1ccc(C(=O)OCC(=O)NC2CCCC2)cc1[N+](=O)[O-]. The van der Waals surface area contributed by atoms with Gasteiger partial charge in [0, 0.05) is 26.2 Å². The second kappa shape index (κ2) is 7.76. The van der Waals surface area contributed by atoms with Crippen LogP contribution in [-0.4, -0.2) is 43.5 Å². The van der Waals surface area contributed by atoms with E-state index in [0.29, 0.717) is 5.69 Å². The summed E-state index contributed by atoms with van der Waals surface area (Å²) in [5, 5.41) is 13.9. The van der Waals surface area contributed by atoms with E-state index < -0.39 is 17.5 Å². The zero-order chi connectivity index (χ0) is 17.7. The summed E-state index contributed by atoms with van der Waals surface area (Å²) >= 11 is 0. The maximum atomic E-state index is 12.0. The minimum Gasteiger partial charge on any atom is -0.452 e. The predicted octanol–water partition coefficient (Wildman–Crippen LogP) is 1.88. The summed E-state index contributed by atoms with van der Waals surface area (Å²) in [5.74, 6) is -1.11. The number of nitrogens with zero attached hydrogens (tertiary/aromatic N) is 2. The molecule has 0 atom stereocenters. The number of amides is 1. The van der Waals surface area contributed by atoms with E-state index in [1.807, 2.05) is 0 Å². The van der Waals surface area contributed by atoms with Crippen molar-refractivity contribution >= 4 is 23.3 Å². The predicted molar refractivity (Wildman–Crippen MR) is 88.1 cm³/mol. The Balaban J connectivity index is 1.97. The first kappa shape index (κ1) is 17.7. The molecule has 0 aliphatic heterocycles. The van der Waals surface area contributed by atoms with Crippen molar-refractivity contribution in [2.24, 2.45) is 0 Å². The Morgan fingerprint density at radius 3 is 2.58 bits per heavy atom. The number of nitrogens with one attached hydrogen (secondary N) is 1. The molecule has 1 N–H and O–H groups in total. The lowest BCUT2D eigenvalue weighted by Crippen LogP contribution is -2.35. The van der Waals surface area contributed by atoms with Gasteiger partial charge in [0.2, 0.25) is 0 Å². The number of nitro groups is 1. The average Bonchev–Trinajstić information content (AvgIpc) is 3.04. The van der Waals surface area contributed by atoms with E-state index in [0.717, 1.165) is 31.7 Å². The number of ether oxygens (including phenoxy) is 1. The molecule has 0 spiro atoms. The maximum absolute atomic E-state index is 12.0. The van der Waals surface area contributed by atoms with Gasteiger partial charge in [0.1, 0.15) is 5.69 Å².